The number of aliphatic hydroxyl groups excluding tert-OH is 1. The molecule has 3 rings (SSSR count). The van der Waals surface area contributed by atoms with Gasteiger partial charge in [0.15, 0.2) is 0 Å². The Morgan fingerprint density at radius 3 is 2.33 bits per heavy atom. The Bertz CT molecular complexity index is 1170. The van der Waals surface area contributed by atoms with Gasteiger partial charge in [0.2, 0.25) is 23.8 Å². The number of rotatable bonds is 19. The molecule has 1 heterocycles. The van der Waals surface area contributed by atoms with Crippen LogP contribution in [0.15, 0.2) is 48.5 Å². The van der Waals surface area contributed by atoms with Crippen molar-refractivity contribution >= 4 is 29.4 Å². The van der Waals surface area contributed by atoms with Crippen molar-refractivity contribution in [3.05, 3.63) is 59.7 Å². The van der Waals surface area contributed by atoms with E-state index >= 15 is 0 Å². The summed E-state index contributed by atoms with van der Waals surface area (Å²) in [6.07, 6.45) is 0.249. The zero-order valence-corrected chi connectivity index (χ0v) is 22.7. The van der Waals surface area contributed by atoms with E-state index in [1.165, 1.54) is 0 Å². The monoisotopic (exact) mass is 554 g/mol. The molecule has 40 heavy (non-hydrogen) atoms. The largest absolute Gasteiger partial charge is 0.497 e. The molecule has 3 aromatic rings. The Labute approximate surface area is 233 Å². The molecule has 1 amide bonds. The van der Waals surface area contributed by atoms with E-state index in [0.29, 0.717) is 70.5 Å². The molecule has 7 N–H and O–H groups in total. The van der Waals surface area contributed by atoms with Gasteiger partial charge in [-0.15, -0.1) is 0 Å². The Kier molecular flexibility index (Phi) is 13.4. The van der Waals surface area contributed by atoms with Crippen molar-refractivity contribution in [3.8, 4) is 5.75 Å². The van der Waals surface area contributed by atoms with Crippen molar-refractivity contribution in [2.75, 3.05) is 75.7 Å². The smallest absolute Gasteiger partial charge is 0.233 e. The van der Waals surface area contributed by atoms with Crippen molar-refractivity contribution in [3.63, 3.8) is 0 Å². The summed E-state index contributed by atoms with van der Waals surface area (Å²) in [5.74, 6) is 1.67. The molecular weight excluding hydrogens is 516 g/mol. The van der Waals surface area contributed by atoms with Gasteiger partial charge >= 0.3 is 0 Å². The molecule has 0 aliphatic carbocycles. The molecule has 1 aromatic heterocycles. The van der Waals surface area contributed by atoms with Gasteiger partial charge in [-0.2, -0.15) is 15.0 Å². The van der Waals surface area contributed by atoms with Gasteiger partial charge in [-0.25, -0.2) is 0 Å². The summed E-state index contributed by atoms with van der Waals surface area (Å²) >= 11 is 0. The number of ether oxygens (including phenoxy) is 3. The summed E-state index contributed by atoms with van der Waals surface area (Å²) in [5.41, 5.74) is 7.95. The average molecular weight is 555 g/mol. The van der Waals surface area contributed by atoms with Crippen molar-refractivity contribution in [2.24, 2.45) is 5.73 Å². The fourth-order valence-electron chi connectivity index (χ4n) is 3.47. The third-order valence-corrected chi connectivity index (χ3v) is 5.39. The lowest BCUT2D eigenvalue weighted by Gasteiger charge is -2.12. The second-order valence-corrected chi connectivity index (χ2v) is 8.52. The van der Waals surface area contributed by atoms with Crippen molar-refractivity contribution in [1.82, 2.24) is 20.3 Å². The summed E-state index contributed by atoms with van der Waals surface area (Å²) in [6.45, 7) is 3.49. The highest BCUT2D eigenvalue weighted by molar-refractivity contribution is 5.78. The maximum absolute atomic E-state index is 12.2. The minimum atomic E-state index is -0.0903. The first-order chi connectivity index (χ1) is 19.6. The van der Waals surface area contributed by atoms with Gasteiger partial charge in [0, 0.05) is 31.9 Å². The van der Waals surface area contributed by atoms with Gasteiger partial charge < -0.3 is 46.3 Å². The van der Waals surface area contributed by atoms with Crippen LogP contribution >= 0.6 is 0 Å². The quantitative estimate of drug-likeness (QED) is 0.117. The molecule has 13 heteroatoms. The second kappa shape index (κ2) is 17.5. The molecular formula is C27H38N8O5. The molecule has 0 fully saturated rings. The van der Waals surface area contributed by atoms with Crippen LogP contribution in [0.4, 0.5) is 23.5 Å². The Morgan fingerprint density at radius 2 is 1.60 bits per heavy atom. The minimum Gasteiger partial charge on any atom is -0.497 e. The molecule has 0 atom stereocenters. The molecule has 0 spiro atoms. The number of hydrogen-bond acceptors (Lipinski definition) is 12. The Morgan fingerprint density at radius 1 is 0.875 bits per heavy atom. The van der Waals surface area contributed by atoms with E-state index in [4.69, 9.17) is 19.9 Å². The number of nitrogens with one attached hydrogen (secondary N) is 4. The van der Waals surface area contributed by atoms with Crippen LogP contribution in [0, 0.1) is 0 Å². The molecule has 13 nitrogen and oxygen atoms in total. The molecule has 0 saturated carbocycles. The number of carbonyl (C=O) groups is 1. The maximum Gasteiger partial charge on any atom is 0.233 e. The van der Waals surface area contributed by atoms with Crippen LogP contribution in [0.1, 0.15) is 11.1 Å². The topological polar surface area (TPSA) is 178 Å². The summed E-state index contributed by atoms with van der Waals surface area (Å²) in [5, 5.41) is 21.4. The number of nitrogens with two attached hydrogens (primary N) is 1. The molecule has 2 aromatic carbocycles. The number of carbonyl (C=O) groups excluding carboxylic acids is 1. The number of amides is 1. The van der Waals surface area contributed by atoms with Crippen LogP contribution in [-0.4, -0.2) is 85.7 Å². The SMILES string of the molecule is COc1cccc(CNc2nc(NCCO)nc(Nc3ccc(CC(=O)NCCOCCOCCN)cc3)n2)c1. The first-order valence-corrected chi connectivity index (χ1v) is 13.1. The van der Waals surface area contributed by atoms with Gasteiger partial charge in [0.05, 0.1) is 46.6 Å². The lowest BCUT2D eigenvalue weighted by atomic mass is 10.1. The van der Waals surface area contributed by atoms with Gasteiger partial charge in [-0.3, -0.25) is 4.79 Å². The van der Waals surface area contributed by atoms with Crippen LogP contribution in [0.5, 0.6) is 5.75 Å². The van der Waals surface area contributed by atoms with E-state index in [-0.39, 0.29) is 18.9 Å². The third kappa shape index (κ3) is 11.4. The highest BCUT2D eigenvalue weighted by atomic mass is 16.5. The number of aliphatic hydroxyl groups is 1. The lowest BCUT2D eigenvalue weighted by molar-refractivity contribution is -0.120. The first-order valence-electron chi connectivity index (χ1n) is 13.1. The summed E-state index contributed by atoms with van der Waals surface area (Å²) in [7, 11) is 1.62. The Balaban J connectivity index is 1.51. The fraction of sp³-hybridized carbons (Fsp3) is 0.407. The molecule has 0 aliphatic heterocycles. The molecule has 216 valence electrons. The molecule has 0 aliphatic rings. The van der Waals surface area contributed by atoms with E-state index in [1.807, 2.05) is 48.5 Å². The maximum atomic E-state index is 12.2. The van der Waals surface area contributed by atoms with E-state index in [2.05, 4.69) is 36.2 Å². The number of hydrogen-bond donors (Lipinski definition) is 6. The zero-order valence-electron chi connectivity index (χ0n) is 22.7. The predicted octanol–water partition coefficient (Wildman–Crippen LogP) is 1.29. The zero-order chi connectivity index (χ0) is 28.4. The van der Waals surface area contributed by atoms with E-state index < -0.39 is 0 Å². The number of benzene rings is 2. The fourth-order valence-corrected chi connectivity index (χ4v) is 3.47. The van der Waals surface area contributed by atoms with Crippen LogP contribution in [0.3, 0.4) is 0 Å². The standard InChI is InChI=1S/C27H38N8O5/c1-38-23-4-2-3-21(17-23)19-31-26-33-25(30-10-12-36)34-27(35-26)32-22-7-5-20(6-8-22)18-24(37)29-11-14-40-16-15-39-13-9-28/h2-8,17,36H,9-16,18-19,28H2,1H3,(H,29,37)(H3,30,31,32,33,34,35). The first kappa shape index (κ1) is 30.5. The van der Waals surface area contributed by atoms with E-state index in [9.17, 15) is 9.90 Å². The van der Waals surface area contributed by atoms with Gasteiger partial charge in [-0.1, -0.05) is 24.3 Å². The number of anilines is 4. The van der Waals surface area contributed by atoms with Crippen molar-refractivity contribution in [2.45, 2.75) is 13.0 Å². The van der Waals surface area contributed by atoms with E-state index in [0.717, 1.165) is 22.6 Å². The average Bonchev–Trinajstić information content (AvgIpc) is 2.97. The van der Waals surface area contributed by atoms with Gasteiger partial charge in [0.1, 0.15) is 5.75 Å². The van der Waals surface area contributed by atoms with Crippen LogP contribution < -0.4 is 31.7 Å². The number of methoxy groups -OCH3 is 1. The van der Waals surface area contributed by atoms with Gasteiger partial charge in [-0.05, 0) is 35.4 Å². The van der Waals surface area contributed by atoms with Crippen molar-refractivity contribution < 1.29 is 24.1 Å². The number of aromatic nitrogens is 3. The van der Waals surface area contributed by atoms with Crippen LogP contribution in [0.2, 0.25) is 0 Å². The second-order valence-electron chi connectivity index (χ2n) is 8.52. The molecule has 0 bridgehead atoms. The highest BCUT2D eigenvalue weighted by Crippen LogP contribution is 2.18. The summed E-state index contributed by atoms with van der Waals surface area (Å²) < 4.78 is 15.9. The van der Waals surface area contributed by atoms with Crippen molar-refractivity contribution in [1.29, 1.82) is 0 Å². The summed E-state index contributed by atoms with van der Waals surface area (Å²) in [4.78, 5) is 25.5. The molecule has 0 saturated heterocycles. The van der Waals surface area contributed by atoms with E-state index in [1.54, 1.807) is 7.11 Å². The third-order valence-electron chi connectivity index (χ3n) is 5.39. The predicted molar refractivity (Wildman–Crippen MR) is 153 cm³/mol. The number of nitrogens with zero attached hydrogens (tertiary/aromatic N) is 3. The Hall–Kier alpha value is -4.04. The normalized spacial score (nSPS) is 10.7. The lowest BCUT2D eigenvalue weighted by Crippen LogP contribution is -2.29. The molecule has 0 unspecified atom stereocenters. The minimum absolute atomic E-state index is 0.0622. The van der Waals surface area contributed by atoms with Crippen LogP contribution in [-0.2, 0) is 27.2 Å². The van der Waals surface area contributed by atoms with Crippen LogP contribution in [0.25, 0.3) is 0 Å². The summed E-state index contributed by atoms with van der Waals surface area (Å²) in [6, 6.07) is 15.1. The molecule has 0 radical (unpaired) electrons. The highest BCUT2D eigenvalue weighted by Gasteiger charge is 2.09. The van der Waals surface area contributed by atoms with Gasteiger partial charge in [0.25, 0.3) is 0 Å².